The minimum Gasteiger partial charge on any atom is -0.212 e. The zero-order valence-electron chi connectivity index (χ0n) is 10.4. The molecule has 0 aliphatic carbocycles. The van der Waals surface area contributed by atoms with Crippen LogP contribution in [0.4, 0.5) is 0 Å². The number of hydrogen-bond acceptors (Lipinski definition) is 0. The molecule has 1 unspecified atom stereocenters. The quantitative estimate of drug-likeness (QED) is 0.424. The van der Waals surface area contributed by atoms with Crippen LogP contribution < -0.4 is 0 Å². The lowest BCUT2D eigenvalue weighted by molar-refractivity contribution is 0.552. The molecule has 0 bridgehead atoms. The van der Waals surface area contributed by atoms with E-state index in [0.29, 0.717) is 0 Å². The fourth-order valence-electron chi connectivity index (χ4n) is 1.98. The summed E-state index contributed by atoms with van der Waals surface area (Å²) in [6, 6.07) is 10.5. The molecule has 0 spiro atoms. The molecule has 2 aromatic rings. The Morgan fingerprint density at radius 2 is 2.06 bits per heavy atom. The summed E-state index contributed by atoms with van der Waals surface area (Å²) in [6.07, 6.45) is 3.58. The van der Waals surface area contributed by atoms with Gasteiger partial charge < -0.3 is 0 Å². The fourth-order valence-corrected chi connectivity index (χ4v) is 2.29. The molecule has 17 heavy (non-hydrogen) atoms. The van der Waals surface area contributed by atoms with Gasteiger partial charge in [0.15, 0.2) is 0 Å². The second-order valence-electron chi connectivity index (χ2n) is 4.41. The van der Waals surface area contributed by atoms with Crippen molar-refractivity contribution in [1.82, 2.24) is 0 Å². The van der Waals surface area contributed by atoms with E-state index in [1.165, 1.54) is 23.8 Å². The smallest absolute Gasteiger partial charge is 0.212 e. The van der Waals surface area contributed by atoms with Crippen LogP contribution in [-0.2, 0) is 6.42 Å². The van der Waals surface area contributed by atoms with Crippen molar-refractivity contribution in [2.24, 2.45) is 0 Å². The summed E-state index contributed by atoms with van der Waals surface area (Å²) < 4.78 is 6.62. The molecular formula is C15H18IO+. The van der Waals surface area contributed by atoms with Crippen molar-refractivity contribution in [2.45, 2.75) is 37.0 Å². The normalized spacial score (nSPS) is 12.9. The standard InChI is InChI=1S/C15H18IO/c1-3-14(16)9-8-12-10-13-6-4-5-7-15(13)17-11(12)2/h4-7,10,14H,3,8-9H2,1-2H3/q+1. The van der Waals surface area contributed by atoms with E-state index in [-0.39, 0.29) is 0 Å². The van der Waals surface area contributed by atoms with Gasteiger partial charge in [-0.3, -0.25) is 0 Å². The predicted molar refractivity (Wildman–Crippen MR) is 81.8 cm³/mol. The lowest BCUT2D eigenvalue weighted by Crippen LogP contribution is -1.99. The van der Waals surface area contributed by atoms with E-state index in [9.17, 15) is 0 Å². The molecule has 0 aliphatic heterocycles. The molecule has 0 saturated carbocycles. The molecule has 1 nitrogen and oxygen atoms in total. The summed E-state index contributed by atoms with van der Waals surface area (Å²) in [5, 5.41) is 1.20. The van der Waals surface area contributed by atoms with Crippen molar-refractivity contribution in [1.29, 1.82) is 0 Å². The second-order valence-corrected chi connectivity index (χ2v) is 6.17. The van der Waals surface area contributed by atoms with Crippen molar-refractivity contribution >= 4 is 33.6 Å². The number of benzene rings is 1. The van der Waals surface area contributed by atoms with Crippen molar-refractivity contribution in [2.75, 3.05) is 0 Å². The third-order valence-electron chi connectivity index (χ3n) is 3.13. The lowest BCUT2D eigenvalue weighted by Gasteiger charge is -2.05. The number of aryl methyl sites for hydroxylation is 2. The molecule has 1 aromatic carbocycles. The minimum atomic E-state index is 0.762. The molecule has 0 fully saturated rings. The van der Waals surface area contributed by atoms with Gasteiger partial charge in [-0.2, -0.15) is 0 Å². The highest BCUT2D eigenvalue weighted by molar-refractivity contribution is 14.1. The summed E-state index contributed by atoms with van der Waals surface area (Å²) in [6.45, 7) is 4.31. The van der Waals surface area contributed by atoms with E-state index in [1.54, 1.807) is 0 Å². The van der Waals surface area contributed by atoms with Crippen LogP contribution in [0.2, 0.25) is 0 Å². The van der Waals surface area contributed by atoms with E-state index in [0.717, 1.165) is 21.7 Å². The van der Waals surface area contributed by atoms with Gasteiger partial charge in [0, 0.05) is 9.99 Å². The summed E-state index contributed by atoms with van der Waals surface area (Å²) in [7, 11) is 0. The van der Waals surface area contributed by atoms with Gasteiger partial charge in [0.1, 0.15) is 0 Å². The first-order valence-corrected chi connectivity index (χ1v) is 7.40. The maximum atomic E-state index is 5.86. The Bertz CT molecular complexity index is 507. The Kier molecular flexibility index (Phi) is 4.37. The maximum absolute atomic E-state index is 5.86. The first-order chi connectivity index (χ1) is 8.20. The summed E-state index contributed by atoms with van der Waals surface area (Å²) in [4.78, 5) is 0. The van der Waals surface area contributed by atoms with Gasteiger partial charge in [0.25, 0.3) is 0 Å². The van der Waals surface area contributed by atoms with Gasteiger partial charge >= 0.3 is 11.3 Å². The van der Waals surface area contributed by atoms with E-state index in [2.05, 4.69) is 54.6 Å². The van der Waals surface area contributed by atoms with Gasteiger partial charge in [0.05, 0.1) is 17.9 Å². The van der Waals surface area contributed by atoms with Crippen LogP contribution in [0, 0.1) is 6.92 Å². The molecule has 0 saturated heterocycles. The molecule has 1 aromatic heterocycles. The molecule has 2 heteroatoms. The van der Waals surface area contributed by atoms with Crippen LogP contribution in [0.25, 0.3) is 11.0 Å². The Morgan fingerprint density at radius 3 is 2.82 bits per heavy atom. The summed E-state index contributed by atoms with van der Waals surface area (Å²) >= 11 is 2.53. The zero-order valence-corrected chi connectivity index (χ0v) is 12.5. The molecule has 90 valence electrons. The van der Waals surface area contributed by atoms with Gasteiger partial charge in [-0.25, -0.2) is 4.42 Å². The fraction of sp³-hybridized carbons (Fsp3) is 0.400. The Labute approximate surface area is 116 Å². The number of fused-ring (bicyclic) bond motifs is 1. The number of rotatable bonds is 4. The minimum absolute atomic E-state index is 0.762. The third kappa shape index (κ3) is 3.18. The van der Waals surface area contributed by atoms with Gasteiger partial charge in [-0.05, 0) is 31.4 Å². The molecular weight excluding hydrogens is 323 g/mol. The Morgan fingerprint density at radius 1 is 1.29 bits per heavy atom. The molecule has 1 heterocycles. The monoisotopic (exact) mass is 341 g/mol. The first kappa shape index (κ1) is 12.8. The Balaban J connectivity index is 2.25. The second kappa shape index (κ2) is 5.80. The van der Waals surface area contributed by atoms with Gasteiger partial charge in [0.2, 0.25) is 0 Å². The van der Waals surface area contributed by atoms with Crippen LogP contribution in [-0.4, -0.2) is 3.92 Å². The van der Waals surface area contributed by atoms with Gasteiger partial charge in [-0.1, -0.05) is 41.6 Å². The highest BCUT2D eigenvalue weighted by Gasteiger charge is 2.15. The number of hydrogen-bond donors (Lipinski definition) is 0. The highest BCUT2D eigenvalue weighted by Crippen LogP contribution is 2.22. The SMILES string of the molecule is CCC(I)CCc1cc2ccccc2[o+]c1C. The number of halogens is 1. The topological polar surface area (TPSA) is 11.3 Å². The van der Waals surface area contributed by atoms with Crippen LogP contribution in [0.5, 0.6) is 0 Å². The van der Waals surface area contributed by atoms with Crippen molar-refractivity contribution in [3.8, 4) is 0 Å². The molecule has 0 aliphatic rings. The molecule has 0 N–H and O–H groups in total. The molecule has 0 amide bonds. The largest absolute Gasteiger partial charge is 0.360 e. The number of alkyl halides is 1. The van der Waals surface area contributed by atoms with Crippen molar-refractivity contribution in [3.63, 3.8) is 0 Å². The summed E-state index contributed by atoms with van der Waals surface area (Å²) in [5.74, 6) is 1.06. The average Bonchev–Trinajstić information content (AvgIpc) is 2.35. The predicted octanol–water partition coefficient (Wildman–Crippen LogP) is 5.17. The van der Waals surface area contributed by atoms with E-state index in [4.69, 9.17) is 4.42 Å². The Hall–Kier alpha value is -0.640. The van der Waals surface area contributed by atoms with E-state index >= 15 is 0 Å². The lowest BCUT2D eigenvalue weighted by atomic mass is 10.0. The van der Waals surface area contributed by atoms with E-state index in [1.807, 2.05) is 12.1 Å². The van der Waals surface area contributed by atoms with Gasteiger partial charge in [-0.15, -0.1) is 0 Å². The van der Waals surface area contributed by atoms with E-state index < -0.39 is 0 Å². The van der Waals surface area contributed by atoms with Crippen LogP contribution >= 0.6 is 22.6 Å². The molecule has 1 atom stereocenters. The van der Waals surface area contributed by atoms with Crippen LogP contribution in [0.3, 0.4) is 0 Å². The number of para-hydroxylation sites is 1. The zero-order chi connectivity index (χ0) is 12.3. The van der Waals surface area contributed by atoms with Crippen molar-refractivity contribution < 1.29 is 4.42 Å². The molecule has 0 radical (unpaired) electrons. The van der Waals surface area contributed by atoms with Crippen LogP contribution in [0.15, 0.2) is 34.7 Å². The maximum Gasteiger partial charge on any atom is 0.360 e. The third-order valence-corrected chi connectivity index (χ3v) is 4.64. The van der Waals surface area contributed by atoms with Crippen molar-refractivity contribution in [3.05, 3.63) is 41.7 Å². The first-order valence-electron chi connectivity index (χ1n) is 6.16. The summed E-state index contributed by atoms with van der Waals surface area (Å²) in [5.41, 5.74) is 2.33. The highest BCUT2D eigenvalue weighted by atomic mass is 127. The van der Waals surface area contributed by atoms with Crippen LogP contribution in [0.1, 0.15) is 31.1 Å². The molecule has 2 rings (SSSR count). The average molecular weight is 341 g/mol.